The molecule has 20 heavy (non-hydrogen) atoms. The molecule has 8 heteroatoms. The minimum absolute atomic E-state index is 0.0540. The summed E-state index contributed by atoms with van der Waals surface area (Å²) in [4.78, 5) is 21.9. The number of rotatable bonds is 4. The Hall–Kier alpha value is -1.67. The summed E-state index contributed by atoms with van der Waals surface area (Å²) in [7, 11) is -2.07. The average Bonchev–Trinajstić information content (AvgIpc) is 2.82. The van der Waals surface area contributed by atoms with Crippen LogP contribution >= 0.6 is 0 Å². The van der Waals surface area contributed by atoms with Crippen LogP contribution in [0.5, 0.6) is 0 Å². The first kappa shape index (κ1) is 14.7. The topological polar surface area (TPSA) is 102 Å². The van der Waals surface area contributed by atoms with Crippen molar-refractivity contribution in [2.45, 2.75) is 17.7 Å². The number of aldehydes is 1. The number of sulfonamides is 1. The molecule has 2 rings (SSSR count). The molecule has 110 valence electrons. The molecule has 0 aliphatic carbocycles. The van der Waals surface area contributed by atoms with Crippen molar-refractivity contribution in [2.24, 2.45) is 18.7 Å². The van der Waals surface area contributed by atoms with Gasteiger partial charge in [-0.05, 0) is 18.9 Å². The fourth-order valence-electron chi connectivity index (χ4n) is 2.32. The van der Waals surface area contributed by atoms with Crippen LogP contribution in [0.4, 0.5) is 0 Å². The molecule has 1 aliphatic heterocycles. The highest BCUT2D eigenvalue weighted by molar-refractivity contribution is 7.89. The Labute approximate surface area is 117 Å². The number of amides is 1. The molecule has 0 saturated carbocycles. The van der Waals surface area contributed by atoms with Gasteiger partial charge in [0.05, 0.1) is 0 Å². The van der Waals surface area contributed by atoms with Gasteiger partial charge in [-0.3, -0.25) is 4.79 Å². The quantitative estimate of drug-likeness (QED) is 0.772. The third-order valence-corrected chi connectivity index (χ3v) is 5.43. The molecule has 0 bridgehead atoms. The Morgan fingerprint density at radius 3 is 2.45 bits per heavy atom. The average molecular weight is 299 g/mol. The van der Waals surface area contributed by atoms with Gasteiger partial charge >= 0.3 is 0 Å². The van der Waals surface area contributed by atoms with Gasteiger partial charge in [-0.1, -0.05) is 0 Å². The summed E-state index contributed by atoms with van der Waals surface area (Å²) in [5.74, 6) is -0.744. The number of aryl methyl sites for hydroxylation is 1. The number of primary amides is 1. The van der Waals surface area contributed by atoms with Gasteiger partial charge in [-0.2, -0.15) is 4.31 Å². The lowest BCUT2D eigenvalue weighted by molar-refractivity contribution is -0.112. The molecule has 7 nitrogen and oxygen atoms in total. The monoisotopic (exact) mass is 299 g/mol. The fourth-order valence-corrected chi connectivity index (χ4v) is 3.86. The molecule has 0 aromatic carbocycles. The molecule has 1 aromatic heterocycles. The second-order valence-corrected chi connectivity index (χ2v) is 6.85. The Kier molecular flexibility index (Phi) is 3.96. The van der Waals surface area contributed by atoms with Crippen molar-refractivity contribution in [1.82, 2.24) is 8.87 Å². The molecular weight excluding hydrogens is 282 g/mol. The van der Waals surface area contributed by atoms with Crippen molar-refractivity contribution >= 4 is 22.2 Å². The molecule has 2 heterocycles. The standard InChI is InChI=1S/C12H17N3O4S/c1-14-7-10(6-11(14)12(13)17)20(18,19)15-4-2-9(8-16)3-5-15/h6-9H,2-5H2,1H3,(H2,13,17). The van der Waals surface area contributed by atoms with E-state index in [-0.39, 0.29) is 16.5 Å². The number of carbonyl (C=O) groups excluding carboxylic acids is 2. The van der Waals surface area contributed by atoms with Gasteiger partial charge < -0.3 is 15.1 Å². The van der Waals surface area contributed by atoms with E-state index in [0.29, 0.717) is 25.9 Å². The second kappa shape index (κ2) is 5.37. The molecule has 0 unspecified atom stereocenters. The van der Waals surface area contributed by atoms with Crippen molar-refractivity contribution in [3.63, 3.8) is 0 Å². The summed E-state index contributed by atoms with van der Waals surface area (Å²) in [5, 5.41) is 0. The fraction of sp³-hybridized carbons (Fsp3) is 0.500. The molecule has 0 radical (unpaired) electrons. The summed E-state index contributed by atoms with van der Waals surface area (Å²) < 4.78 is 27.6. The van der Waals surface area contributed by atoms with E-state index in [1.807, 2.05) is 0 Å². The molecule has 2 N–H and O–H groups in total. The first-order valence-electron chi connectivity index (χ1n) is 6.28. The number of hydrogen-bond donors (Lipinski definition) is 1. The number of carbonyl (C=O) groups is 2. The third kappa shape index (κ3) is 2.61. The van der Waals surface area contributed by atoms with Gasteiger partial charge in [0.25, 0.3) is 5.91 Å². The number of hydrogen-bond acceptors (Lipinski definition) is 4. The van der Waals surface area contributed by atoms with Crippen molar-refractivity contribution in [2.75, 3.05) is 13.1 Å². The zero-order valence-electron chi connectivity index (χ0n) is 11.2. The maximum atomic E-state index is 12.4. The molecule has 0 spiro atoms. The van der Waals surface area contributed by atoms with Crippen LogP contribution in [-0.2, 0) is 21.9 Å². The summed E-state index contributed by atoms with van der Waals surface area (Å²) in [6.45, 7) is 0.624. The van der Waals surface area contributed by atoms with Crippen LogP contribution in [0, 0.1) is 5.92 Å². The van der Waals surface area contributed by atoms with Crippen LogP contribution in [0.2, 0.25) is 0 Å². The highest BCUT2D eigenvalue weighted by atomic mass is 32.2. The second-order valence-electron chi connectivity index (χ2n) is 4.91. The van der Waals surface area contributed by atoms with E-state index in [0.717, 1.165) is 6.29 Å². The van der Waals surface area contributed by atoms with Crippen LogP contribution in [0.3, 0.4) is 0 Å². The molecule has 1 amide bonds. The summed E-state index contributed by atoms with van der Waals surface area (Å²) in [6, 6.07) is 1.28. The zero-order chi connectivity index (χ0) is 14.9. The predicted molar refractivity (Wildman–Crippen MR) is 71.5 cm³/mol. The lowest BCUT2D eigenvalue weighted by Crippen LogP contribution is -2.38. The summed E-state index contributed by atoms with van der Waals surface area (Å²) in [6.07, 6.45) is 3.30. The highest BCUT2D eigenvalue weighted by Crippen LogP contribution is 2.24. The summed E-state index contributed by atoms with van der Waals surface area (Å²) >= 11 is 0. The van der Waals surface area contributed by atoms with Gasteiger partial charge in [0.15, 0.2) is 0 Å². The number of nitrogens with zero attached hydrogens (tertiary/aromatic N) is 2. The highest BCUT2D eigenvalue weighted by Gasteiger charge is 2.30. The van der Waals surface area contributed by atoms with Gasteiger partial charge in [-0.15, -0.1) is 0 Å². The Morgan fingerprint density at radius 1 is 1.40 bits per heavy atom. The van der Waals surface area contributed by atoms with Gasteiger partial charge in [-0.25, -0.2) is 8.42 Å². The molecule has 0 atom stereocenters. The van der Waals surface area contributed by atoms with E-state index < -0.39 is 15.9 Å². The predicted octanol–water partition coefficient (Wildman–Crippen LogP) is -0.276. The van der Waals surface area contributed by atoms with Crippen LogP contribution in [-0.4, -0.2) is 42.6 Å². The molecule has 1 saturated heterocycles. The van der Waals surface area contributed by atoms with E-state index in [9.17, 15) is 18.0 Å². The van der Waals surface area contributed by atoms with Crippen LogP contribution in [0.25, 0.3) is 0 Å². The number of piperidine rings is 1. The zero-order valence-corrected chi connectivity index (χ0v) is 12.0. The smallest absolute Gasteiger partial charge is 0.265 e. The van der Waals surface area contributed by atoms with E-state index in [4.69, 9.17) is 5.73 Å². The van der Waals surface area contributed by atoms with E-state index in [1.54, 1.807) is 7.05 Å². The van der Waals surface area contributed by atoms with E-state index in [2.05, 4.69) is 0 Å². The molecule has 1 aliphatic rings. The molecular formula is C12H17N3O4S. The Morgan fingerprint density at radius 2 is 2.00 bits per heavy atom. The Balaban J connectivity index is 2.25. The van der Waals surface area contributed by atoms with Crippen molar-refractivity contribution in [1.29, 1.82) is 0 Å². The van der Waals surface area contributed by atoms with Crippen LogP contribution < -0.4 is 5.73 Å². The first-order valence-corrected chi connectivity index (χ1v) is 7.72. The SMILES string of the molecule is Cn1cc(S(=O)(=O)N2CCC(C=O)CC2)cc1C(N)=O. The normalized spacial score (nSPS) is 18.1. The minimum atomic E-state index is -3.64. The van der Waals surface area contributed by atoms with E-state index >= 15 is 0 Å². The lowest BCUT2D eigenvalue weighted by Gasteiger charge is -2.28. The van der Waals surface area contributed by atoms with Crippen LogP contribution in [0.1, 0.15) is 23.3 Å². The van der Waals surface area contributed by atoms with Gasteiger partial charge in [0.2, 0.25) is 10.0 Å². The first-order chi connectivity index (χ1) is 9.36. The molecule has 1 fully saturated rings. The lowest BCUT2D eigenvalue weighted by atomic mass is 10.0. The minimum Gasteiger partial charge on any atom is -0.364 e. The largest absolute Gasteiger partial charge is 0.364 e. The van der Waals surface area contributed by atoms with Crippen molar-refractivity contribution in [3.8, 4) is 0 Å². The van der Waals surface area contributed by atoms with Crippen molar-refractivity contribution < 1.29 is 18.0 Å². The van der Waals surface area contributed by atoms with Gasteiger partial charge in [0, 0.05) is 32.3 Å². The molecule has 1 aromatic rings. The van der Waals surface area contributed by atoms with Crippen LogP contribution in [0.15, 0.2) is 17.2 Å². The Bertz CT molecular complexity index is 627. The number of nitrogens with two attached hydrogens (primary N) is 1. The number of aromatic nitrogens is 1. The third-order valence-electron chi connectivity index (χ3n) is 3.56. The van der Waals surface area contributed by atoms with Gasteiger partial charge in [0.1, 0.15) is 16.9 Å². The van der Waals surface area contributed by atoms with E-state index in [1.165, 1.54) is 21.1 Å². The maximum Gasteiger partial charge on any atom is 0.265 e. The maximum absolute atomic E-state index is 12.4. The summed E-state index contributed by atoms with van der Waals surface area (Å²) in [5.41, 5.74) is 5.32. The van der Waals surface area contributed by atoms with Crippen molar-refractivity contribution in [3.05, 3.63) is 18.0 Å².